The van der Waals surface area contributed by atoms with E-state index in [4.69, 9.17) is 0 Å². The topological polar surface area (TPSA) is 37.3 Å². The Morgan fingerprint density at radius 2 is 1.83 bits per heavy atom. The largest absolute Gasteiger partial charge is 0.393 e. The summed E-state index contributed by atoms with van der Waals surface area (Å²) in [7, 11) is 0. The standard InChI is InChI=1S/C20H28O2.C2H6/c1-12-10-14-15-4-5-18(22)20(15,3)9-7-16(14)19(2)8-6-13(21)11-17(12)19;1-2/h6,8,11-12,14-16,18,22H,4-5,7,9-10H2,1-3H3;1-2H3/t12-,14?,15?,16?,18?,19+,20-;/m0./s1. The molecule has 0 aromatic heterocycles. The highest BCUT2D eigenvalue weighted by Crippen LogP contribution is 2.65. The molecular formula is C22H34O2. The molecular weight excluding hydrogens is 296 g/mol. The van der Waals surface area contributed by atoms with Crippen LogP contribution in [-0.4, -0.2) is 17.0 Å². The number of allylic oxidation sites excluding steroid dienone is 4. The number of ketones is 1. The fourth-order valence-corrected chi connectivity index (χ4v) is 6.59. The Morgan fingerprint density at radius 3 is 2.54 bits per heavy atom. The highest BCUT2D eigenvalue weighted by Gasteiger charge is 2.59. The van der Waals surface area contributed by atoms with Crippen LogP contribution in [0.25, 0.3) is 0 Å². The van der Waals surface area contributed by atoms with Gasteiger partial charge in [0.05, 0.1) is 6.10 Å². The van der Waals surface area contributed by atoms with E-state index in [1.54, 1.807) is 6.08 Å². The molecule has 7 atom stereocenters. The van der Waals surface area contributed by atoms with Crippen LogP contribution in [0.4, 0.5) is 0 Å². The number of rotatable bonds is 0. The summed E-state index contributed by atoms with van der Waals surface area (Å²) in [6.07, 6.45) is 11.5. The summed E-state index contributed by atoms with van der Waals surface area (Å²) in [4.78, 5) is 11.8. The van der Waals surface area contributed by atoms with Crippen molar-refractivity contribution < 1.29 is 9.90 Å². The van der Waals surface area contributed by atoms with Gasteiger partial charge in [-0.2, -0.15) is 0 Å². The van der Waals surface area contributed by atoms with Crippen LogP contribution in [0, 0.1) is 34.5 Å². The second kappa shape index (κ2) is 6.12. The maximum absolute atomic E-state index is 11.8. The Bertz CT molecular complexity index is 575. The average Bonchev–Trinajstić information content (AvgIpc) is 2.87. The van der Waals surface area contributed by atoms with E-state index in [1.165, 1.54) is 24.8 Å². The van der Waals surface area contributed by atoms with Crippen LogP contribution in [0.2, 0.25) is 0 Å². The van der Waals surface area contributed by atoms with Crippen LogP contribution < -0.4 is 0 Å². The molecule has 0 heterocycles. The van der Waals surface area contributed by atoms with Crippen molar-refractivity contribution in [3.05, 3.63) is 23.8 Å². The zero-order chi connectivity index (χ0) is 17.7. The molecule has 1 N–H and O–H groups in total. The molecule has 4 rings (SSSR count). The minimum Gasteiger partial charge on any atom is -0.393 e. The first-order chi connectivity index (χ1) is 11.4. The van der Waals surface area contributed by atoms with Gasteiger partial charge < -0.3 is 5.11 Å². The van der Waals surface area contributed by atoms with Gasteiger partial charge in [-0.05, 0) is 73.3 Å². The predicted molar refractivity (Wildman–Crippen MR) is 98.5 cm³/mol. The molecule has 134 valence electrons. The lowest BCUT2D eigenvalue weighted by Gasteiger charge is -2.58. The molecule has 0 bridgehead atoms. The van der Waals surface area contributed by atoms with Gasteiger partial charge in [0.15, 0.2) is 5.78 Å². The maximum Gasteiger partial charge on any atom is 0.178 e. The SMILES string of the molecule is CC.C[C@H]1CC2C3CCC(O)[C@@]3(C)CCC2[C@@]2(C)C=CC(=O)C=C12. The molecule has 4 unspecified atom stereocenters. The number of fused-ring (bicyclic) bond motifs is 5. The summed E-state index contributed by atoms with van der Waals surface area (Å²) >= 11 is 0. The Hall–Kier alpha value is -0.890. The zero-order valence-corrected chi connectivity index (χ0v) is 16.0. The van der Waals surface area contributed by atoms with Crippen molar-refractivity contribution in [2.24, 2.45) is 34.5 Å². The van der Waals surface area contributed by atoms with Crippen LogP contribution in [-0.2, 0) is 4.79 Å². The summed E-state index contributed by atoms with van der Waals surface area (Å²) < 4.78 is 0. The second-order valence-corrected chi connectivity index (χ2v) is 8.77. The number of hydrogen-bond donors (Lipinski definition) is 1. The minimum atomic E-state index is -0.109. The van der Waals surface area contributed by atoms with E-state index in [9.17, 15) is 9.90 Å². The summed E-state index contributed by atoms with van der Waals surface area (Å²) in [5.74, 6) is 2.65. The lowest BCUT2D eigenvalue weighted by Crippen LogP contribution is -2.52. The lowest BCUT2D eigenvalue weighted by atomic mass is 9.47. The average molecular weight is 331 g/mol. The van der Waals surface area contributed by atoms with Gasteiger partial charge in [0, 0.05) is 5.41 Å². The third-order valence-electron chi connectivity index (χ3n) is 7.83. The third-order valence-corrected chi connectivity index (χ3v) is 7.83. The van der Waals surface area contributed by atoms with Gasteiger partial charge in [-0.15, -0.1) is 0 Å². The molecule has 2 heteroatoms. The first kappa shape index (κ1) is 17.9. The number of aliphatic hydroxyl groups is 1. The van der Waals surface area contributed by atoms with E-state index in [-0.39, 0.29) is 22.7 Å². The van der Waals surface area contributed by atoms with E-state index in [0.717, 1.165) is 12.8 Å². The number of aliphatic hydroxyl groups excluding tert-OH is 1. The first-order valence-corrected chi connectivity index (χ1v) is 9.99. The molecule has 3 saturated carbocycles. The van der Waals surface area contributed by atoms with E-state index < -0.39 is 0 Å². The van der Waals surface area contributed by atoms with Crippen molar-refractivity contribution in [3.63, 3.8) is 0 Å². The van der Waals surface area contributed by atoms with E-state index >= 15 is 0 Å². The van der Waals surface area contributed by atoms with Crippen molar-refractivity contribution in [2.45, 2.75) is 72.8 Å². The molecule has 0 amide bonds. The van der Waals surface area contributed by atoms with Crippen molar-refractivity contribution in [3.8, 4) is 0 Å². The molecule has 0 aromatic carbocycles. The Morgan fingerprint density at radius 1 is 1.12 bits per heavy atom. The molecule has 0 aromatic rings. The molecule has 3 fully saturated rings. The van der Waals surface area contributed by atoms with Gasteiger partial charge in [0.1, 0.15) is 0 Å². The van der Waals surface area contributed by atoms with Crippen molar-refractivity contribution >= 4 is 5.78 Å². The smallest absolute Gasteiger partial charge is 0.178 e. The molecule has 0 saturated heterocycles. The van der Waals surface area contributed by atoms with E-state index in [1.807, 2.05) is 19.9 Å². The Balaban J connectivity index is 0.000000815. The van der Waals surface area contributed by atoms with Gasteiger partial charge in [-0.3, -0.25) is 4.79 Å². The van der Waals surface area contributed by atoms with Gasteiger partial charge in [0.2, 0.25) is 0 Å². The first-order valence-electron chi connectivity index (χ1n) is 9.99. The van der Waals surface area contributed by atoms with Crippen molar-refractivity contribution in [1.29, 1.82) is 0 Å². The Labute approximate surface area is 147 Å². The second-order valence-electron chi connectivity index (χ2n) is 8.77. The van der Waals surface area contributed by atoms with Crippen LogP contribution >= 0.6 is 0 Å². The fraction of sp³-hybridized carbons (Fsp3) is 0.773. The molecule has 2 nitrogen and oxygen atoms in total. The molecule has 0 radical (unpaired) electrons. The van der Waals surface area contributed by atoms with Gasteiger partial charge in [-0.1, -0.05) is 46.3 Å². The quantitative estimate of drug-likeness (QED) is 0.684. The lowest BCUT2D eigenvalue weighted by molar-refractivity contribution is -0.111. The van der Waals surface area contributed by atoms with Crippen LogP contribution in [0.15, 0.2) is 23.8 Å². The van der Waals surface area contributed by atoms with E-state index in [0.29, 0.717) is 23.7 Å². The third kappa shape index (κ3) is 2.36. The van der Waals surface area contributed by atoms with E-state index in [2.05, 4.69) is 26.8 Å². The Kier molecular flexibility index (Phi) is 4.57. The van der Waals surface area contributed by atoms with Gasteiger partial charge in [-0.25, -0.2) is 0 Å². The molecule has 24 heavy (non-hydrogen) atoms. The maximum atomic E-state index is 11.8. The highest BCUT2D eigenvalue weighted by atomic mass is 16.3. The number of carbonyl (C=O) groups is 1. The predicted octanol–water partition coefficient (Wildman–Crippen LogP) is 4.93. The number of carbonyl (C=O) groups excluding carboxylic acids is 1. The monoisotopic (exact) mass is 330 g/mol. The summed E-state index contributed by atoms with van der Waals surface area (Å²) in [5.41, 5.74) is 1.56. The summed E-state index contributed by atoms with van der Waals surface area (Å²) in [5, 5.41) is 10.5. The summed E-state index contributed by atoms with van der Waals surface area (Å²) in [6.45, 7) is 11.0. The minimum absolute atomic E-state index is 0.0606. The molecule has 0 aliphatic heterocycles. The number of hydrogen-bond acceptors (Lipinski definition) is 2. The summed E-state index contributed by atoms with van der Waals surface area (Å²) in [6, 6.07) is 0. The highest BCUT2D eigenvalue weighted by molar-refractivity contribution is 6.01. The van der Waals surface area contributed by atoms with Crippen LogP contribution in [0.5, 0.6) is 0 Å². The van der Waals surface area contributed by atoms with Gasteiger partial charge >= 0.3 is 0 Å². The fourth-order valence-electron chi connectivity index (χ4n) is 6.59. The molecule has 0 spiro atoms. The van der Waals surface area contributed by atoms with Gasteiger partial charge in [0.25, 0.3) is 0 Å². The zero-order valence-electron chi connectivity index (χ0n) is 16.0. The molecule has 4 aliphatic carbocycles. The molecule has 4 aliphatic rings. The van der Waals surface area contributed by atoms with Crippen LogP contribution in [0.1, 0.15) is 66.7 Å². The van der Waals surface area contributed by atoms with Crippen molar-refractivity contribution in [1.82, 2.24) is 0 Å². The normalized spacial score (nSPS) is 49.3. The van der Waals surface area contributed by atoms with Crippen LogP contribution in [0.3, 0.4) is 0 Å². The van der Waals surface area contributed by atoms with Crippen molar-refractivity contribution in [2.75, 3.05) is 0 Å².